The van der Waals surface area contributed by atoms with Gasteiger partial charge in [-0.05, 0) is 50.0 Å². The molecule has 1 fully saturated rings. The molecule has 1 rings (SSSR count). The number of unbranched alkanes of at least 4 members (excludes halogenated alkanes) is 1. The summed E-state index contributed by atoms with van der Waals surface area (Å²) in [5, 5.41) is 3.64. The average molecular weight is 263 g/mol. The molecule has 110 valence electrons. The van der Waals surface area contributed by atoms with Crippen molar-refractivity contribution in [2.45, 2.75) is 78.2 Å². The first kappa shape index (κ1) is 16.6. The molecule has 0 amide bonds. The van der Waals surface area contributed by atoms with E-state index < -0.39 is 0 Å². The van der Waals surface area contributed by atoms with Crippen LogP contribution in [-0.4, -0.2) is 12.6 Å². The molecule has 1 aliphatic carbocycles. The van der Waals surface area contributed by atoms with Crippen LogP contribution >= 0.6 is 0 Å². The molecule has 0 saturated heterocycles. The van der Waals surface area contributed by atoms with E-state index in [1.54, 1.807) is 0 Å². The second kappa shape index (κ2) is 9.43. The molecule has 0 aromatic carbocycles. The molecular formula is C18H33N. The Hall–Kier alpha value is -0.480. The second-order valence-corrected chi connectivity index (χ2v) is 6.65. The van der Waals surface area contributed by atoms with Crippen molar-refractivity contribution in [2.24, 2.45) is 17.8 Å². The van der Waals surface area contributed by atoms with E-state index in [0.29, 0.717) is 6.04 Å². The van der Waals surface area contributed by atoms with Gasteiger partial charge in [0.15, 0.2) is 0 Å². The molecule has 1 aliphatic rings. The first-order valence-electron chi connectivity index (χ1n) is 8.34. The zero-order valence-electron chi connectivity index (χ0n) is 13.3. The van der Waals surface area contributed by atoms with Crippen LogP contribution in [0.1, 0.15) is 72.1 Å². The Morgan fingerprint density at radius 3 is 2.63 bits per heavy atom. The number of rotatable bonds is 8. The van der Waals surface area contributed by atoms with Crippen LogP contribution in [0.3, 0.4) is 0 Å². The maximum atomic E-state index is 5.39. The molecule has 0 aromatic heterocycles. The standard InChI is InChI=1S/C18H33N/c1-5-7-8-10-17-13-16(9-6-2)11-12-18(17)14-19-15(3)4/h1,15-19H,6-14H2,2-4H3. The van der Waals surface area contributed by atoms with Gasteiger partial charge in [0.05, 0.1) is 0 Å². The number of hydrogen-bond donors (Lipinski definition) is 1. The Morgan fingerprint density at radius 1 is 1.21 bits per heavy atom. The van der Waals surface area contributed by atoms with Crippen molar-refractivity contribution in [1.82, 2.24) is 5.32 Å². The number of terminal acetylenes is 1. The summed E-state index contributed by atoms with van der Waals surface area (Å²) in [6.45, 7) is 8.02. The van der Waals surface area contributed by atoms with Crippen LogP contribution in [0.4, 0.5) is 0 Å². The van der Waals surface area contributed by atoms with E-state index in [1.807, 2.05) is 0 Å². The zero-order chi connectivity index (χ0) is 14.1. The van der Waals surface area contributed by atoms with E-state index in [1.165, 1.54) is 51.5 Å². The van der Waals surface area contributed by atoms with Gasteiger partial charge in [-0.25, -0.2) is 0 Å². The molecule has 1 heteroatoms. The van der Waals surface area contributed by atoms with Crippen molar-refractivity contribution >= 4 is 0 Å². The van der Waals surface area contributed by atoms with Crippen LogP contribution in [0.2, 0.25) is 0 Å². The normalized spacial score (nSPS) is 27.4. The quantitative estimate of drug-likeness (QED) is 0.498. The van der Waals surface area contributed by atoms with E-state index in [2.05, 4.69) is 32.0 Å². The lowest BCUT2D eigenvalue weighted by Gasteiger charge is -2.37. The molecule has 0 radical (unpaired) electrons. The SMILES string of the molecule is C#CCCCC1CC(CCC)CCC1CNC(C)C. The highest BCUT2D eigenvalue weighted by Gasteiger charge is 2.29. The minimum Gasteiger partial charge on any atom is -0.314 e. The molecule has 0 aromatic rings. The Morgan fingerprint density at radius 2 is 2.00 bits per heavy atom. The van der Waals surface area contributed by atoms with E-state index in [4.69, 9.17) is 6.42 Å². The Labute approximate surface area is 120 Å². The zero-order valence-corrected chi connectivity index (χ0v) is 13.3. The number of hydrogen-bond acceptors (Lipinski definition) is 1. The van der Waals surface area contributed by atoms with Gasteiger partial charge in [0.25, 0.3) is 0 Å². The van der Waals surface area contributed by atoms with E-state index >= 15 is 0 Å². The molecule has 0 bridgehead atoms. The fourth-order valence-electron chi connectivity index (χ4n) is 3.57. The lowest BCUT2D eigenvalue weighted by Crippen LogP contribution is -2.36. The summed E-state index contributed by atoms with van der Waals surface area (Å²) in [5.74, 6) is 5.57. The van der Waals surface area contributed by atoms with Crippen molar-refractivity contribution in [3.63, 3.8) is 0 Å². The van der Waals surface area contributed by atoms with E-state index in [9.17, 15) is 0 Å². The molecule has 3 unspecified atom stereocenters. The summed E-state index contributed by atoms with van der Waals surface area (Å²) in [7, 11) is 0. The molecule has 19 heavy (non-hydrogen) atoms. The predicted molar refractivity (Wildman–Crippen MR) is 85.1 cm³/mol. The maximum absolute atomic E-state index is 5.39. The minimum absolute atomic E-state index is 0.611. The van der Waals surface area contributed by atoms with Gasteiger partial charge in [0.1, 0.15) is 0 Å². The van der Waals surface area contributed by atoms with Gasteiger partial charge in [-0.3, -0.25) is 0 Å². The third kappa shape index (κ3) is 6.48. The van der Waals surface area contributed by atoms with Crippen molar-refractivity contribution < 1.29 is 0 Å². The first-order valence-corrected chi connectivity index (χ1v) is 8.34. The van der Waals surface area contributed by atoms with Crippen LogP contribution < -0.4 is 5.32 Å². The molecule has 0 spiro atoms. The van der Waals surface area contributed by atoms with Crippen molar-refractivity contribution in [3.8, 4) is 12.3 Å². The molecule has 1 nitrogen and oxygen atoms in total. The van der Waals surface area contributed by atoms with Gasteiger partial charge < -0.3 is 5.32 Å². The van der Waals surface area contributed by atoms with Crippen LogP contribution in [0.25, 0.3) is 0 Å². The molecule has 1 N–H and O–H groups in total. The van der Waals surface area contributed by atoms with E-state index in [0.717, 1.165) is 24.2 Å². The van der Waals surface area contributed by atoms with Crippen molar-refractivity contribution in [3.05, 3.63) is 0 Å². The molecule has 0 heterocycles. The summed E-state index contributed by atoms with van der Waals surface area (Å²) in [6, 6.07) is 0.611. The fraction of sp³-hybridized carbons (Fsp3) is 0.889. The lowest BCUT2D eigenvalue weighted by atomic mass is 9.71. The van der Waals surface area contributed by atoms with Gasteiger partial charge in [0.2, 0.25) is 0 Å². The predicted octanol–water partition coefficient (Wildman–Crippen LogP) is 4.62. The van der Waals surface area contributed by atoms with Crippen molar-refractivity contribution in [1.29, 1.82) is 0 Å². The van der Waals surface area contributed by atoms with E-state index in [-0.39, 0.29) is 0 Å². The minimum atomic E-state index is 0.611. The molecule has 1 saturated carbocycles. The Balaban J connectivity index is 2.44. The van der Waals surface area contributed by atoms with Crippen LogP contribution in [-0.2, 0) is 0 Å². The Bertz CT molecular complexity index is 263. The molecule has 0 aliphatic heterocycles. The highest BCUT2D eigenvalue weighted by Crippen LogP contribution is 2.38. The van der Waals surface area contributed by atoms with Gasteiger partial charge >= 0.3 is 0 Å². The summed E-state index contributed by atoms with van der Waals surface area (Å²) in [6.07, 6.45) is 16.0. The number of nitrogens with one attached hydrogen (secondary N) is 1. The summed E-state index contributed by atoms with van der Waals surface area (Å²) >= 11 is 0. The average Bonchev–Trinajstić information content (AvgIpc) is 2.38. The molecular weight excluding hydrogens is 230 g/mol. The highest BCUT2D eigenvalue weighted by atomic mass is 14.9. The van der Waals surface area contributed by atoms with Gasteiger partial charge in [-0.15, -0.1) is 12.3 Å². The lowest BCUT2D eigenvalue weighted by molar-refractivity contribution is 0.156. The van der Waals surface area contributed by atoms with Gasteiger partial charge in [0, 0.05) is 12.5 Å². The third-order valence-corrected chi connectivity index (χ3v) is 4.63. The summed E-state index contributed by atoms with van der Waals surface area (Å²) < 4.78 is 0. The van der Waals surface area contributed by atoms with Crippen LogP contribution in [0.15, 0.2) is 0 Å². The monoisotopic (exact) mass is 263 g/mol. The first-order chi connectivity index (χ1) is 9.17. The van der Waals surface area contributed by atoms with Crippen molar-refractivity contribution in [2.75, 3.05) is 6.54 Å². The summed E-state index contributed by atoms with van der Waals surface area (Å²) in [4.78, 5) is 0. The van der Waals surface area contributed by atoms with Gasteiger partial charge in [-0.2, -0.15) is 0 Å². The molecule has 3 atom stereocenters. The topological polar surface area (TPSA) is 12.0 Å². The van der Waals surface area contributed by atoms with Crippen LogP contribution in [0.5, 0.6) is 0 Å². The second-order valence-electron chi connectivity index (χ2n) is 6.65. The van der Waals surface area contributed by atoms with Gasteiger partial charge in [-0.1, -0.05) is 40.0 Å². The Kier molecular flexibility index (Phi) is 8.22. The smallest absolute Gasteiger partial charge is 0.00861 e. The fourth-order valence-corrected chi connectivity index (χ4v) is 3.57. The highest BCUT2D eigenvalue weighted by molar-refractivity contribution is 4.86. The van der Waals surface area contributed by atoms with Crippen LogP contribution in [0, 0.1) is 30.1 Å². The largest absolute Gasteiger partial charge is 0.314 e. The summed E-state index contributed by atoms with van der Waals surface area (Å²) in [5.41, 5.74) is 0. The maximum Gasteiger partial charge on any atom is 0.00861 e. The third-order valence-electron chi connectivity index (χ3n) is 4.63.